The fourth-order valence-corrected chi connectivity index (χ4v) is 6.06. The van der Waals surface area contributed by atoms with Crippen molar-refractivity contribution >= 4 is 17.1 Å². The zero-order valence-corrected chi connectivity index (χ0v) is 35.9. The molecule has 0 aliphatic heterocycles. The maximum atomic E-state index is 11.7. The van der Waals surface area contributed by atoms with Gasteiger partial charge >= 0.3 is 0 Å². The van der Waals surface area contributed by atoms with Gasteiger partial charge in [-0.05, 0) is 130 Å². The van der Waals surface area contributed by atoms with E-state index >= 15 is 0 Å². The molecule has 52 heavy (non-hydrogen) atoms. The Morgan fingerprint density at radius 1 is 0.365 bits per heavy atom. The molecule has 3 aromatic carbocycles. The van der Waals surface area contributed by atoms with Gasteiger partial charge in [-0.2, -0.15) is 0 Å². The van der Waals surface area contributed by atoms with Crippen LogP contribution in [0.3, 0.4) is 0 Å². The molecular weight excluding hydrogens is 645 g/mol. The van der Waals surface area contributed by atoms with Gasteiger partial charge in [-0.25, -0.2) is 0 Å². The number of benzene rings is 3. The number of nitrogens with zero attached hydrogens (tertiary/aromatic N) is 4. The van der Waals surface area contributed by atoms with Crippen LogP contribution in [0.25, 0.3) is 0 Å². The third kappa shape index (κ3) is 10.7. The molecule has 0 radical (unpaired) electrons. The summed E-state index contributed by atoms with van der Waals surface area (Å²) in [6, 6.07) is 19.3. The highest BCUT2D eigenvalue weighted by molar-refractivity contribution is 5.59. The van der Waals surface area contributed by atoms with Crippen molar-refractivity contribution in [1.29, 1.82) is 0 Å². The zero-order valence-electron chi connectivity index (χ0n) is 35.9. The lowest BCUT2D eigenvalue weighted by molar-refractivity contribution is 0.173. The van der Waals surface area contributed by atoms with E-state index in [0.29, 0.717) is 19.6 Å². The van der Waals surface area contributed by atoms with Crippen LogP contribution in [0.5, 0.6) is 0 Å². The van der Waals surface area contributed by atoms with Crippen LogP contribution in [-0.4, -0.2) is 37.1 Å². The van der Waals surface area contributed by atoms with Gasteiger partial charge in [0.15, 0.2) is 0 Å². The Balaban J connectivity index is 2.33. The Bertz CT molecular complexity index is 1470. The fourth-order valence-electron chi connectivity index (χ4n) is 6.06. The molecule has 0 saturated carbocycles. The van der Waals surface area contributed by atoms with Gasteiger partial charge in [0.1, 0.15) is 0 Å². The van der Waals surface area contributed by atoms with Crippen molar-refractivity contribution in [2.45, 2.75) is 177 Å². The summed E-state index contributed by atoms with van der Waals surface area (Å²) in [6.07, 6.45) is 0. The molecule has 0 unspecified atom stereocenters. The van der Waals surface area contributed by atoms with Crippen LogP contribution >= 0.6 is 0 Å². The van der Waals surface area contributed by atoms with E-state index in [2.05, 4.69) is 122 Å². The van der Waals surface area contributed by atoms with Crippen LogP contribution in [0.2, 0.25) is 0 Å². The minimum absolute atomic E-state index is 0.103. The summed E-state index contributed by atoms with van der Waals surface area (Å²) in [5.74, 6) is 0. The van der Waals surface area contributed by atoms with Crippen molar-refractivity contribution in [1.82, 2.24) is 4.90 Å². The lowest BCUT2D eigenvalue weighted by atomic mass is 9.85. The molecule has 3 rings (SSSR count). The summed E-state index contributed by atoms with van der Waals surface area (Å²) < 4.78 is 0. The normalized spacial score (nSPS) is 13.5. The van der Waals surface area contributed by atoms with Crippen molar-refractivity contribution in [3.8, 4) is 0 Å². The predicted octanol–water partition coefficient (Wildman–Crippen LogP) is 11.8. The van der Waals surface area contributed by atoms with E-state index in [0.717, 1.165) is 50.4 Å². The summed E-state index contributed by atoms with van der Waals surface area (Å²) in [7, 11) is 0. The first kappa shape index (κ1) is 43.3. The van der Waals surface area contributed by atoms with Crippen LogP contribution in [0.1, 0.15) is 158 Å². The van der Waals surface area contributed by atoms with Gasteiger partial charge in [0.25, 0.3) is 0 Å². The van der Waals surface area contributed by atoms with Crippen LogP contribution in [0.15, 0.2) is 54.6 Å². The maximum Gasteiger partial charge on any atom is 0.0688 e. The Morgan fingerprint density at radius 2 is 0.577 bits per heavy atom. The topological polar surface area (TPSA) is 73.7 Å². The van der Waals surface area contributed by atoms with Gasteiger partial charge in [-0.3, -0.25) is 35.7 Å². The summed E-state index contributed by atoms with van der Waals surface area (Å²) in [5, 5.41) is 39.2. The van der Waals surface area contributed by atoms with Gasteiger partial charge < -0.3 is 0 Å². The lowest BCUT2D eigenvalue weighted by Gasteiger charge is -2.37. The molecule has 0 amide bonds. The molecule has 0 bridgehead atoms. The summed E-state index contributed by atoms with van der Waals surface area (Å²) in [4.78, 5) is 2.35. The third-order valence-electron chi connectivity index (χ3n) is 9.63. The van der Waals surface area contributed by atoms with E-state index in [1.807, 2.05) is 62.3 Å². The molecule has 3 aromatic rings. The molecule has 0 spiro atoms. The van der Waals surface area contributed by atoms with Crippen LogP contribution in [0.4, 0.5) is 17.1 Å². The first-order chi connectivity index (χ1) is 23.3. The molecule has 0 aliphatic carbocycles. The molecule has 3 N–H and O–H groups in total. The number of hydroxylamine groups is 3. The molecule has 7 heteroatoms. The average Bonchev–Trinajstić information content (AvgIpc) is 2.97. The molecule has 0 aromatic heterocycles. The maximum absolute atomic E-state index is 11.7. The number of anilines is 3. The molecule has 0 heterocycles. The van der Waals surface area contributed by atoms with Gasteiger partial charge in [0.05, 0.1) is 33.7 Å². The van der Waals surface area contributed by atoms with E-state index in [-0.39, 0.29) is 16.2 Å². The minimum atomic E-state index is -0.532. The molecule has 7 nitrogen and oxygen atoms in total. The second-order valence-corrected chi connectivity index (χ2v) is 20.9. The monoisotopic (exact) mass is 717 g/mol. The highest BCUT2D eigenvalue weighted by atomic mass is 16.5. The average molecular weight is 717 g/mol. The Hall–Kier alpha value is -3.10. The standard InChI is InChI=1S/C45H72N4O3/c1-40(2,3)34-22-19-31(37(25-34)47(50)43(10,11)12)28-46(29-32-20-23-35(41(4,5)6)26-38(32)48(51)44(13,14)15)30-33-21-24-36(42(7,8)9)27-39(33)49(52)45(16,17)18/h19-27,50-52H,28-30H2,1-18H3. The summed E-state index contributed by atoms with van der Waals surface area (Å²) in [6.45, 7) is 39.3. The van der Waals surface area contributed by atoms with E-state index in [1.54, 1.807) is 0 Å². The zero-order chi connectivity index (χ0) is 40.0. The quantitative estimate of drug-likeness (QED) is 0.190. The van der Waals surface area contributed by atoms with Crippen molar-refractivity contribution in [2.75, 3.05) is 15.2 Å². The van der Waals surface area contributed by atoms with Gasteiger partial charge in [0, 0.05) is 19.6 Å². The van der Waals surface area contributed by atoms with Crippen LogP contribution in [-0.2, 0) is 35.9 Å². The third-order valence-corrected chi connectivity index (χ3v) is 9.63. The van der Waals surface area contributed by atoms with Gasteiger partial charge in [0.2, 0.25) is 0 Å². The first-order valence-corrected chi connectivity index (χ1v) is 18.9. The first-order valence-electron chi connectivity index (χ1n) is 18.9. The highest BCUT2D eigenvalue weighted by Gasteiger charge is 2.30. The lowest BCUT2D eigenvalue weighted by Crippen LogP contribution is -2.41. The summed E-state index contributed by atoms with van der Waals surface area (Å²) >= 11 is 0. The number of hydrogen-bond acceptors (Lipinski definition) is 7. The van der Waals surface area contributed by atoms with Crippen molar-refractivity contribution < 1.29 is 15.6 Å². The van der Waals surface area contributed by atoms with E-state index < -0.39 is 16.6 Å². The molecule has 290 valence electrons. The second kappa shape index (κ2) is 15.0. The van der Waals surface area contributed by atoms with E-state index in [9.17, 15) is 15.6 Å². The minimum Gasteiger partial charge on any atom is -0.290 e. The molecule has 0 aliphatic rings. The molecule has 0 atom stereocenters. The smallest absolute Gasteiger partial charge is 0.0688 e. The Labute approximate surface area is 317 Å². The van der Waals surface area contributed by atoms with Crippen molar-refractivity contribution in [3.63, 3.8) is 0 Å². The molecule has 0 fully saturated rings. The van der Waals surface area contributed by atoms with Crippen molar-refractivity contribution in [3.05, 3.63) is 88.0 Å². The van der Waals surface area contributed by atoms with Crippen LogP contribution < -0.4 is 15.2 Å². The summed E-state index contributed by atoms with van der Waals surface area (Å²) in [5.41, 5.74) is 6.79. The van der Waals surface area contributed by atoms with Gasteiger partial charge in [-0.1, -0.05) is 98.7 Å². The van der Waals surface area contributed by atoms with Crippen LogP contribution in [0, 0.1) is 0 Å². The second-order valence-electron chi connectivity index (χ2n) is 20.9. The largest absolute Gasteiger partial charge is 0.290 e. The molecular formula is C45H72N4O3. The Kier molecular flexibility index (Phi) is 12.5. The van der Waals surface area contributed by atoms with E-state index in [4.69, 9.17) is 0 Å². The van der Waals surface area contributed by atoms with E-state index in [1.165, 1.54) is 15.2 Å². The van der Waals surface area contributed by atoms with Crippen molar-refractivity contribution in [2.24, 2.45) is 0 Å². The number of rotatable bonds is 9. The highest BCUT2D eigenvalue weighted by Crippen LogP contribution is 2.38. The molecule has 0 saturated heterocycles. The number of hydrogen-bond donors (Lipinski definition) is 3. The fraction of sp³-hybridized carbons (Fsp3) is 0.600. The predicted molar refractivity (Wildman–Crippen MR) is 220 cm³/mol. The Morgan fingerprint density at radius 3 is 0.750 bits per heavy atom. The van der Waals surface area contributed by atoms with Gasteiger partial charge in [-0.15, -0.1) is 0 Å². The SMILES string of the molecule is CC(C)(C)c1ccc(CN(Cc2ccc(C(C)(C)C)cc2N(O)C(C)(C)C)Cc2ccc(C(C)(C)C)cc2N(O)C(C)(C)C)c(N(O)C(C)(C)C)c1.